The van der Waals surface area contributed by atoms with E-state index in [1.807, 2.05) is 0 Å². The van der Waals surface area contributed by atoms with Crippen molar-refractivity contribution in [1.82, 2.24) is 0 Å². The van der Waals surface area contributed by atoms with E-state index in [1.165, 1.54) is 15.9 Å². The van der Waals surface area contributed by atoms with Gasteiger partial charge in [-0.15, -0.1) is 0 Å². The Hall–Kier alpha value is -1.18. The normalized spacial score (nSPS) is 11.5. The molecule has 0 amide bonds. The fourth-order valence-corrected chi connectivity index (χ4v) is 13.8. The monoisotopic (exact) mass is 404 g/mol. The van der Waals surface area contributed by atoms with Crippen molar-refractivity contribution in [3.05, 3.63) is 91.0 Å². The topological polar surface area (TPSA) is 0 Å². The number of halogens is 1. The van der Waals surface area contributed by atoms with E-state index in [9.17, 15) is 0 Å². The predicted octanol–water partition coefficient (Wildman–Crippen LogP) is 0.614. The molecule has 3 aromatic carbocycles. The fourth-order valence-electron chi connectivity index (χ4n) is 2.64. The molecule has 0 aliphatic heterocycles. The second-order valence-electron chi connectivity index (χ2n) is 4.76. The van der Waals surface area contributed by atoms with Crippen molar-refractivity contribution in [3.8, 4) is 0 Å². The average Bonchev–Trinajstić information content (AvgIpc) is 2.59. The first kappa shape index (κ1) is 14.7. The van der Waals surface area contributed by atoms with E-state index >= 15 is 0 Å². The van der Waals surface area contributed by atoms with Crippen LogP contribution in [0.2, 0.25) is 0 Å². The third-order valence-corrected chi connectivity index (χ3v) is 16.5. The molecular weight excluding hydrogens is 386 g/mol. The Morgan fingerprint density at radius 1 is 0.524 bits per heavy atom. The number of alkyl halides is 1. The van der Waals surface area contributed by atoms with Crippen LogP contribution in [0.15, 0.2) is 91.0 Å². The molecule has 0 aromatic heterocycles. The van der Waals surface area contributed by atoms with Gasteiger partial charge >= 0.3 is 137 Å². The summed E-state index contributed by atoms with van der Waals surface area (Å²) in [6, 6.07) is 33.3. The third-order valence-electron chi connectivity index (χ3n) is 3.59. The molecule has 0 unspecified atom stereocenters. The third kappa shape index (κ3) is 2.77. The number of rotatable bonds is 4. The SMILES string of the molecule is C[I-][P+](c1ccccc1)(c1ccccc1)c1ccccc1. The molecule has 0 atom stereocenters. The second kappa shape index (κ2) is 6.72. The molecule has 0 aliphatic rings. The van der Waals surface area contributed by atoms with E-state index in [0.717, 1.165) is 0 Å². The van der Waals surface area contributed by atoms with Crippen LogP contribution >= 0.6 is 4.90 Å². The van der Waals surface area contributed by atoms with Gasteiger partial charge in [0, 0.05) is 0 Å². The van der Waals surface area contributed by atoms with Crippen LogP contribution in [0.1, 0.15) is 0 Å². The Bertz CT molecular complexity index is 584. The Labute approximate surface area is 137 Å². The van der Waals surface area contributed by atoms with Crippen molar-refractivity contribution < 1.29 is 20.7 Å². The predicted molar refractivity (Wildman–Crippen MR) is 91.1 cm³/mol. The van der Waals surface area contributed by atoms with Crippen LogP contribution in [0.25, 0.3) is 0 Å². The molecule has 0 radical (unpaired) electrons. The van der Waals surface area contributed by atoms with Gasteiger partial charge in [-0.1, -0.05) is 0 Å². The summed E-state index contributed by atoms with van der Waals surface area (Å²) < 4.78 is 0. The van der Waals surface area contributed by atoms with Crippen LogP contribution in [0, 0.1) is 0 Å². The summed E-state index contributed by atoms with van der Waals surface area (Å²) in [5.41, 5.74) is 0. The second-order valence-corrected chi connectivity index (χ2v) is 15.1. The quantitative estimate of drug-likeness (QED) is 0.340. The van der Waals surface area contributed by atoms with Crippen LogP contribution < -0.4 is 36.6 Å². The molecule has 0 fully saturated rings. The van der Waals surface area contributed by atoms with E-state index < -0.39 is 4.90 Å². The summed E-state index contributed by atoms with van der Waals surface area (Å²) in [7, 11) is 0. The van der Waals surface area contributed by atoms with Crippen LogP contribution in [-0.4, -0.2) is 4.93 Å². The number of hydrogen-bond donors (Lipinski definition) is 0. The van der Waals surface area contributed by atoms with Crippen LogP contribution in [-0.2, 0) is 0 Å². The first-order chi connectivity index (χ1) is 10.4. The van der Waals surface area contributed by atoms with Gasteiger partial charge in [-0.25, -0.2) is 0 Å². The van der Waals surface area contributed by atoms with Gasteiger partial charge in [0.05, 0.1) is 0 Å². The average molecular weight is 404 g/mol. The Balaban J connectivity index is 2.29. The Kier molecular flexibility index (Phi) is 4.72. The van der Waals surface area contributed by atoms with Gasteiger partial charge in [-0.05, 0) is 0 Å². The summed E-state index contributed by atoms with van der Waals surface area (Å²) in [5, 5.41) is 4.54. The van der Waals surface area contributed by atoms with E-state index in [4.69, 9.17) is 0 Å². The van der Waals surface area contributed by atoms with Crippen LogP contribution in [0.4, 0.5) is 0 Å². The van der Waals surface area contributed by atoms with Crippen molar-refractivity contribution in [2.45, 2.75) is 0 Å². The van der Waals surface area contributed by atoms with Crippen molar-refractivity contribution in [3.63, 3.8) is 0 Å². The zero-order valence-electron chi connectivity index (χ0n) is 12.0. The number of benzene rings is 3. The van der Waals surface area contributed by atoms with Gasteiger partial charge in [0.2, 0.25) is 0 Å². The summed E-state index contributed by atoms with van der Waals surface area (Å²) in [6.45, 7) is 0. The van der Waals surface area contributed by atoms with Crippen molar-refractivity contribution in [2.24, 2.45) is 0 Å². The van der Waals surface area contributed by atoms with Gasteiger partial charge in [-0.2, -0.15) is 0 Å². The molecule has 0 nitrogen and oxygen atoms in total. The van der Waals surface area contributed by atoms with Crippen LogP contribution in [0.3, 0.4) is 0 Å². The van der Waals surface area contributed by atoms with Gasteiger partial charge in [-0.3, -0.25) is 0 Å². The molecule has 0 aliphatic carbocycles. The molecule has 0 saturated carbocycles. The molecule has 2 heteroatoms. The molecule has 0 heterocycles. The molecule has 0 bridgehead atoms. The Morgan fingerprint density at radius 2 is 0.810 bits per heavy atom. The van der Waals surface area contributed by atoms with Crippen molar-refractivity contribution in [1.29, 1.82) is 0 Å². The molecule has 0 saturated heterocycles. The molecule has 0 spiro atoms. The first-order valence-electron chi connectivity index (χ1n) is 6.95. The molecule has 0 N–H and O–H groups in total. The molecule has 21 heavy (non-hydrogen) atoms. The molecule has 3 rings (SSSR count). The minimum absolute atomic E-state index is 0.0300. The first-order valence-corrected chi connectivity index (χ1v) is 13.7. The minimum atomic E-state index is -1.42. The molecular formula is C19H18IP. The van der Waals surface area contributed by atoms with Crippen LogP contribution in [0.5, 0.6) is 0 Å². The van der Waals surface area contributed by atoms with E-state index in [0.29, 0.717) is 0 Å². The summed E-state index contributed by atoms with van der Waals surface area (Å²) >= 11 is 0.0300. The van der Waals surface area contributed by atoms with Crippen molar-refractivity contribution >= 4 is 20.8 Å². The zero-order valence-corrected chi connectivity index (χ0v) is 15.0. The standard InChI is InChI=1S/C19H18IP/c1-20-21(17-11-5-2-6-12-17,18-13-7-3-8-14-18)19-15-9-4-10-16-19/h2-16H,1H3. The maximum atomic E-state index is 2.43. The maximum absolute atomic E-state index is 2.43. The molecule has 3 aromatic rings. The summed E-state index contributed by atoms with van der Waals surface area (Å²) in [4.78, 5) is 1.01. The van der Waals surface area contributed by atoms with Gasteiger partial charge < -0.3 is 0 Å². The van der Waals surface area contributed by atoms with Crippen molar-refractivity contribution in [2.75, 3.05) is 4.93 Å². The number of hydrogen-bond acceptors (Lipinski definition) is 0. The fraction of sp³-hybridized carbons (Fsp3) is 0.0526. The molecule has 106 valence electrons. The zero-order chi connectivity index (χ0) is 14.5. The Morgan fingerprint density at radius 3 is 1.05 bits per heavy atom. The van der Waals surface area contributed by atoms with E-state index in [1.54, 1.807) is 0 Å². The van der Waals surface area contributed by atoms with E-state index in [-0.39, 0.29) is 20.7 Å². The summed E-state index contributed by atoms with van der Waals surface area (Å²) in [5.74, 6) is 0. The van der Waals surface area contributed by atoms with E-state index in [2.05, 4.69) is 95.9 Å². The summed E-state index contributed by atoms with van der Waals surface area (Å²) in [6.07, 6.45) is 0. The van der Waals surface area contributed by atoms with Gasteiger partial charge in [0.15, 0.2) is 0 Å². The van der Waals surface area contributed by atoms with Gasteiger partial charge in [0.25, 0.3) is 0 Å². The van der Waals surface area contributed by atoms with Gasteiger partial charge in [0.1, 0.15) is 0 Å².